The monoisotopic (exact) mass is 317 g/mol. The van der Waals surface area contributed by atoms with Gasteiger partial charge < -0.3 is 5.32 Å². The number of nitrogens with zero attached hydrogens (tertiary/aromatic N) is 2. The smallest absolute Gasteiger partial charge is 0.292 e. The molecule has 9 heteroatoms. The van der Waals surface area contributed by atoms with Crippen LogP contribution >= 0.6 is 0 Å². The summed E-state index contributed by atoms with van der Waals surface area (Å²) in [6, 6.07) is 1.80. The van der Waals surface area contributed by atoms with Gasteiger partial charge in [0, 0.05) is 25.2 Å². The second-order valence-corrected chi connectivity index (χ2v) is 6.87. The second-order valence-electron chi connectivity index (χ2n) is 5.06. The van der Waals surface area contributed by atoms with E-state index in [9.17, 15) is 22.9 Å². The predicted molar refractivity (Wildman–Crippen MR) is 73.9 cm³/mol. The summed E-state index contributed by atoms with van der Waals surface area (Å²) >= 11 is 0. The van der Waals surface area contributed by atoms with Gasteiger partial charge in [0.2, 0.25) is 10.0 Å². The van der Waals surface area contributed by atoms with Crippen molar-refractivity contribution in [3.05, 3.63) is 34.1 Å². The number of halogens is 1. The summed E-state index contributed by atoms with van der Waals surface area (Å²) in [5, 5.41) is 14.1. The van der Waals surface area contributed by atoms with Gasteiger partial charge in [-0.3, -0.25) is 10.1 Å². The van der Waals surface area contributed by atoms with Crippen LogP contribution in [-0.2, 0) is 10.0 Å². The molecule has 1 saturated heterocycles. The highest BCUT2D eigenvalue weighted by Crippen LogP contribution is 2.30. The van der Waals surface area contributed by atoms with E-state index < -0.39 is 31.3 Å². The average molecular weight is 317 g/mol. The SMILES string of the molecule is CC1CNCC(C)N1S(=O)(=O)c1ccc(F)cc1[N+](=O)[O-]. The number of nitrogens with one attached hydrogen (secondary N) is 1. The summed E-state index contributed by atoms with van der Waals surface area (Å²) in [5.74, 6) is -0.845. The summed E-state index contributed by atoms with van der Waals surface area (Å²) in [7, 11) is -4.07. The Morgan fingerprint density at radius 2 is 1.90 bits per heavy atom. The van der Waals surface area contributed by atoms with Crippen LogP contribution in [0.5, 0.6) is 0 Å². The van der Waals surface area contributed by atoms with Gasteiger partial charge in [-0.2, -0.15) is 4.31 Å². The van der Waals surface area contributed by atoms with Gasteiger partial charge in [-0.05, 0) is 26.0 Å². The van der Waals surface area contributed by atoms with Crippen LogP contribution in [0.3, 0.4) is 0 Å². The third-order valence-corrected chi connectivity index (χ3v) is 5.60. The number of rotatable bonds is 3. The van der Waals surface area contributed by atoms with Crippen molar-refractivity contribution in [2.24, 2.45) is 0 Å². The second kappa shape index (κ2) is 5.66. The van der Waals surface area contributed by atoms with E-state index in [2.05, 4.69) is 5.32 Å². The van der Waals surface area contributed by atoms with E-state index >= 15 is 0 Å². The Bertz CT molecular complexity index is 654. The maximum absolute atomic E-state index is 13.2. The van der Waals surface area contributed by atoms with Crippen molar-refractivity contribution in [1.82, 2.24) is 9.62 Å². The number of nitro groups is 1. The molecule has 0 aliphatic carbocycles. The highest BCUT2D eigenvalue weighted by atomic mass is 32.2. The zero-order valence-electron chi connectivity index (χ0n) is 11.6. The molecule has 1 fully saturated rings. The Morgan fingerprint density at radius 3 is 2.43 bits per heavy atom. The maximum Gasteiger partial charge on any atom is 0.292 e. The zero-order valence-corrected chi connectivity index (χ0v) is 12.4. The van der Waals surface area contributed by atoms with Crippen LogP contribution in [0, 0.1) is 15.9 Å². The first kappa shape index (κ1) is 15.8. The molecule has 0 saturated carbocycles. The van der Waals surface area contributed by atoms with E-state index in [0.29, 0.717) is 19.2 Å². The van der Waals surface area contributed by atoms with Crippen molar-refractivity contribution in [1.29, 1.82) is 0 Å². The standard InChI is InChI=1S/C12H16FN3O4S/c1-8-6-14-7-9(2)15(8)21(19,20)12-4-3-10(13)5-11(12)16(17)18/h3-5,8-9,14H,6-7H2,1-2H3. The van der Waals surface area contributed by atoms with Crippen molar-refractivity contribution in [2.45, 2.75) is 30.8 Å². The molecule has 0 radical (unpaired) electrons. The molecule has 2 rings (SSSR count). The van der Waals surface area contributed by atoms with Crippen LogP contribution < -0.4 is 5.32 Å². The number of hydrogen-bond acceptors (Lipinski definition) is 5. The van der Waals surface area contributed by atoms with Gasteiger partial charge in [0.25, 0.3) is 5.69 Å². The molecule has 0 amide bonds. The Balaban J connectivity index is 2.56. The van der Waals surface area contributed by atoms with Crippen molar-refractivity contribution in [2.75, 3.05) is 13.1 Å². The predicted octanol–water partition coefficient (Wildman–Crippen LogP) is 1.10. The van der Waals surface area contributed by atoms with Gasteiger partial charge in [-0.25, -0.2) is 12.8 Å². The lowest BCUT2D eigenvalue weighted by Gasteiger charge is -2.37. The quantitative estimate of drug-likeness (QED) is 0.666. The molecule has 1 aromatic rings. The molecule has 1 aromatic carbocycles. The van der Waals surface area contributed by atoms with E-state index in [-0.39, 0.29) is 12.1 Å². The number of hydrogen-bond donors (Lipinski definition) is 1. The van der Waals surface area contributed by atoms with Gasteiger partial charge in [0.05, 0.1) is 11.0 Å². The van der Waals surface area contributed by atoms with Crippen LogP contribution in [0.2, 0.25) is 0 Å². The zero-order chi connectivity index (χ0) is 15.8. The van der Waals surface area contributed by atoms with Crippen LogP contribution in [0.4, 0.5) is 10.1 Å². The minimum atomic E-state index is -4.07. The first-order valence-electron chi connectivity index (χ1n) is 6.43. The Morgan fingerprint density at radius 1 is 1.33 bits per heavy atom. The van der Waals surface area contributed by atoms with Gasteiger partial charge in [0.1, 0.15) is 5.82 Å². The minimum absolute atomic E-state index is 0.344. The van der Waals surface area contributed by atoms with Gasteiger partial charge in [0.15, 0.2) is 4.90 Å². The highest BCUT2D eigenvalue weighted by molar-refractivity contribution is 7.89. The van der Waals surface area contributed by atoms with Crippen molar-refractivity contribution >= 4 is 15.7 Å². The molecular formula is C12H16FN3O4S. The van der Waals surface area contributed by atoms with Crippen molar-refractivity contribution in [3.8, 4) is 0 Å². The Labute approximate surface area is 122 Å². The fourth-order valence-electron chi connectivity index (χ4n) is 2.55. The number of benzene rings is 1. The van der Waals surface area contributed by atoms with Crippen molar-refractivity contribution < 1.29 is 17.7 Å². The van der Waals surface area contributed by atoms with E-state index in [0.717, 1.165) is 12.1 Å². The van der Waals surface area contributed by atoms with Crippen LogP contribution in [0.15, 0.2) is 23.1 Å². The molecule has 7 nitrogen and oxygen atoms in total. The normalized spacial score (nSPS) is 24.0. The molecular weight excluding hydrogens is 301 g/mol. The summed E-state index contributed by atoms with van der Waals surface area (Å²) < 4.78 is 39.8. The Kier molecular flexibility index (Phi) is 4.26. The molecule has 1 aliphatic rings. The lowest BCUT2D eigenvalue weighted by molar-refractivity contribution is -0.388. The van der Waals surface area contributed by atoms with Gasteiger partial charge in [-0.15, -0.1) is 0 Å². The molecule has 2 atom stereocenters. The van der Waals surface area contributed by atoms with E-state index in [1.807, 2.05) is 0 Å². The molecule has 1 aliphatic heterocycles. The maximum atomic E-state index is 13.2. The molecule has 1 N–H and O–H groups in total. The van der Waals surface area contributed by atoms with Crippen LogP contribution in [0.1, 0.15) is 13.8 Å². The number of piperazine rings is 1. The summed E-state index contributed by atoms with van der Waals surface area (Å²) in [5.41, 5.74) is -0.743. The summed E-state index contributed by atoms with van der Waals surface area (Å²) in [6.07, 6.45) is 0. The fourth-order valence-corrected chi connectivity index (χ4v) is 4.52. The topological polar surface area (TPSA) is 92.6 Å². The molecule has 2 unspecified atom stereocenters. The summed E-state index contributed by atoms with van der Waals surface area (Å²) in [6.45, 7) is 4.35. The lowest BCUT2D eigenvalue weighted by Crippen LogP contribution is -2.57. The lowest BCUT2D eigenvalue weighted by atomic mass is 10.2. The van der Waals surface area contributed by atoms with Gasteiger partial charge >= 0.3 is 0 Å². The molecule has 21 heavy (non-hydrogen) atoms. The average Bonchev–Trinajstić information content (AvgIpc) is 2.37. The first-order chi connectivity index (χ1) is 9.75. The highest BCUT2D eigenvalue weighted by Gasteiger charge is 2.39. The molecule has 1 heterocycles. The van der Waals surface area contributed by atoms with Crippen molar-refractivity contribution in [3.63, 3.8) is 0 Å². The number of nitro benzene ring substituents is 1. The molecule has 0 aromatic heterocycles. The Hall–Kier alpha value is -1.58. The third-order valence-electron chi connectivity index (χ3n) is 3.42. The number of sulfonamides is 1. The van der Waals surface area contributed by atoms with E-state index in [1.54, 1.807) is 13.8 Å². The van der Waals surface area contributed by atoms with Crippen LogP contribution in [0.25, 0.3) is 0 Å². The van der Waals surface area contributed by atoms with E-state index in [1.165, 1.54) is 4.31 Å². The summed E-state index contributed by atoms with van der Waals surface area (Å²) in [4.78, 5) is 9.65. The molecule has 0 bridgehead atoms. The largest absolute Gasteiger partial charge is 0.314 e. The molecule has 116 valence electrons. The van der Waals surface area contributed by atoms with Crippen LogP contribution in [-0.4, -0.2) is 42.8 Å². The van der Waals surface area contributed by atoms with Gasteiger partial charge in [-0.1, -0.05) is 0 Å². The fraction of sp³-hybridized carbons (Fsp3) is 0.500. The third kappa shape index (κ3) is 2.89. The first-order valence-corrected chi connectivity index (χ1v) is 7.87. The molecule has 0 spiro atoms. The minimum Gasteiger partial charge on any atom is -0.314 e. The van der Waals surface area contributed by atoms with E-state index in [4.69, 9.17) is 0 Å².